The number of hydrogen-bond donors (Lipinski definition) is 2. The van der Waals surface area contributed by atoms with E-state index in [0.29, 0.717) is 19.5 Å². The summed E-state index contributed by atoms with van der Waals surface area (Å²) in [6.07, 6.45) is 0.373. The zero-order valence-electron chi connectivity index (χ0n) is 11.9. The second kappa shape index (κ2) is 7.20. The van der Waals surface area contributed by atoms with Crippen LogP contribution in [0.2, 0.25) is 0 Å². The van der Waals surface area contributed by atoms with Gasteiger partial charge in [0.1, 0.15) is 5.60 Å². The lowest BCUT2D eigenvalue weighted by atomic mass is 10.1. The molecule has 1 saturated heterocycles. The highest BCUT2D eigenvalue weighted by molar-refractivity contribution is 5.80. The third kappa shape index (κ3) is 5.35. The maximum atomic E-state index is 11.7. The molecule has 0 bridgehead atoms. The fourth-order valence-corrected chi connectivity index (χ4v) is 1.67. The number of carbonyl (C=O) groups is 2. The van der Waals surface area contributed by atoms with E-state index in [1.165, 1.54) is 7.05 Å². The zero-order valence-corrected chi connectivity index (χ0v) is 11.9. The van der Waals surface area contributed by atoms with Crippen LogP contribution >= 0.6 is 0 Å². The first-order chi connectivity index (χ1) is 8.33. The van der Waals surface area contributed by atoms with Gasteiger partial charge in [-0.15, -0.1) is 0 Å². The molecule has 0 spiro atoms. The Kier molecular flexibility index (Phi) is 6.68. The van der Waals surface area contributed by atoms with Crippen molar-refractivity contribution in [3.63, 3.8) is 0 Å². The SMILES string of the molecule is CN.CNC(=O)C1CCN(C(=O)OC(C)(C)C)C1. The van der Waals surface area contributed by atoms with Gasteiger partial charge < -0.3 is 20.7 Å². The largest absolute Gasteiger partial charge is 0.444 e. The summed E-state index contributed by atoms with van der Waals surface area (Å²) in [5, 5.41) is 2.60. The van der Waals surface area contributed by atoms with E-state index in [1.807, 2.05) is 20.8 Å². The van der Waals surface area contributed by atoms with Gasteiger partial charge in [0, 0.05) is 20.1 Å². The van der Waals surface area contributed by atoms with Gasteiger partial charge in [-0.3, -0.25) is 4.79 Å². The smallest absolute Gasteiger partial charge is 0.410 e. The van der Waals surface area contributed by atoms with Gasteiger partial charge in [0.05, 0.1) is 5.92 Å². The lowest BCUT2D eigenvalue weighted by Gasteiger charge is -2.24. The number of rotatable bonds is 1. The van der Waals surface area contributed by atoms with Crippen molar-refractivity contribution in [2.45, 2.75) is 32.8 Å². The van der Waals surface area contributed by atoms with Gasteiger partial charge in [0.15, 0.2) is 0 Å². The number of amides is 2. The van der Waals surface area contributed by atoms with Gasteiger partial charge in [-0.2, -0.15) is 0 Å². The summed E-state index contributed by atoms with van der Waals surface area (Å²) in [6.45, 7) is 6.53. The minimum Gasteiger partial charge on any atom is -0.444 e. The van der Waals surface area contributed by atoms with E-state index in [4.69, 9.17) is 4.74 Å². The molecule has 0 saturated carbocycles. The minimum absolute atomic E-state index is 0.00828. The fourth-order valence-electron chi connectivity index (χ4n) is 1.67. The van der Waals surface area contributed by atoms with Gasteiger partial charge in [-0.25, -0.2) is 4.79 Å². The van der Waals surface area contributed by atoms with Crippen molar-refractivity contribution in [1.82, 2.24) is 10.2 Å². The molecule has 0 aromatic carbocycles. The molecule has 1 aliphatic rings. The van der Waals surface area contributed by atoms with Gasteiger partial charge in [0.2, 0.25) is 5.91 Å². The van der Waals surface area contributed by atoms with E-state index in [1.54, 1.807) is 11.9 Å². The Morgan fingerprint density at radius 2 is 1.89 bits per heavy atom. The van der Waals surface area contributed by atoms with Crippen LogP contribution in [0.5, 0.6) is 0 Å². The second-order valence-corrected chi connectivity index (χ2v) is 5.03. The van der Waals surface area contributed by atoms with Crippen LogP contribution in [-0.2, 0) is 9.53 Å². The molecule has 3 N–H and O–H groups in total. The van der Waals surface area contributed by atoms with Gasteiger partial charge in [0.25, 0.3) is 0 Å². The van der Waals surface area contributed by atoms with E-state index in [9.17, 15) is 9.59 Å². The number of hydrogen-bond acceptors (Lipinski definition) is 4. The van der Waals surface area contributed by atoms with Gasteiger partial charge in [-0.1, -0.05) is 0 Å². The molecule has 1 rings (SSSR count). The molecule has 2 amide bonds. The summed E-state index contributed by atoms with van der Waals surface area (Å²) in [5.41, 5.74) is 4.02. The van der Waals surface area contributed by atoms with E-state index in [0.717, 1.165) is 0 Å². The van der Waals surface area contributed by atoms with Crippen LogP contribution in [0, 0.1) is 5.92 Å². The van der Waals surface area contributed by atoms with Crippen molar-refractivity contribution >= 4 is 12.0 Å². The summed E-state index contributed by atoms with van der Waals surface area (Å²) in [7, 11) is 3.11. The topological polar surface area (TPSA) is 84.7 Å². The molecular weight excluding hydrogens is 234 g/mol. The van der Waals surface area contributed by atoms with E-state index in [-0.39, 0.29) is 17.9 Å². The van der Waals surface area contributed by atoms with E-state index < -0.39 is 5.60 Å². The Bertz CT molecular complexity index is 287. The normalized spacial score (nSPS) is 18.8. The number of nitrogens with one attached hydrogen (secondary N) is 1. The van der Waals surface area contributed by atoms with Crippen molar-refractivity contribution in [1.29, 1.82) is 0 Å². The zero-order chi connectivity index (χ0) is 14.3. The number of ether oxygens (including phenoxy) is 1. The Morgan fingerprint density at radius 3 is 2.33 bits per heavy atom. The molecule has 1 aliphatic heterocycles. The molecule has 0 aromatic rings. The van der Waals surface area contributed by atoms with Crippen LogP contribution in [0.15, 0.2) is 0 Å². The third-order valence-corrected chi connectivity index (χ3v) is 2.46. The van der Waals surface area contributed by atoms with Gasteiger partial charge >= 0.3 is 6.09 Å². The predicted octanol–water partition coefficient (Wildman–Crippen LogP) is 0.564. The third-order valence-electron chi connectivity index (χ3n) is 2.46. The fraction of sp³-hybridized carbons (Fsp3) is 0.833. The molecule has 1 atom stereocenters. The van der Waals surface area contributed by atoms with Gasteiger partial charge in [-0.05, 0) is 34.2 Å². The van der Waals surface area contributed by atoms with Crippen LogP contribution in [-0.4, -0.2) is 49.7 Å². The Hall–Kier alpha value is -1.30. The van der Waals surface area contributed by atoms with Crippen molar-refractivity contribution in [2.75, 3.05) is 27.2 Å². The number of nitrogens with two attached hydrogens (primary N) is 1. The number of carbonyl (C=O) groups excluding carboxylic acids is 2. The second-order valence-electron chi connectivity index (χ2n) is 5.03. The molecule has 1 heterocycles. The van der Waals surface area contributed by atoms with Crippen LogP contribution in [0.4, 0.5) is 4.79 Å². The molecule has 106 valence electrons. The lowest BCUT2D eigenvalue weighted by Crippen LogP contribution is -2.37. The summed E-state index contributed by atoms with van der Waals surface area (Å²) in [5.74, 6) is -0.108. The maximum Gasteiger partial charge on any atom is 0.410 e. The van der Waals surface area contributed by atoms with Crippen molar-refractivity contribution in [3.8, 4) is 0 Å². The number of nitrogens with zero attached hydrogens (tertiary/aromatic N) is 1. The van der Waals surface area contributed by atoms with E-state index >= 15 is 0 Å². The quantitative estimate of drug-likeness (QED) is 0.721. The van der Waals surface area contributed by atoms with Crippen molar-refractivity contribution < 1.29 is 14.3 Å². The van der Waals surface area contributed by atoms with Crippen LogP contribution < -0.4 is 11.1 Å². The van der Waals surface area contributed by atoms with Crippen LogP contribution in [0.3, 0.4) is 0 Å². The molecule has 0 radical (unpaired) electrons. The Morgan fingerprint density at radius 1 is 1.33 bits per heavy atom. The molecule has 1 unspecified atom stereocenters. The monoisotopic (exact) mass is 259 g/mol. The van der Waals surface area contributed by atoms with Crippen molar-refractivity contribution in [3.05, 3.63) is 0 Å². The summed E-state index contributed by atoms with van der Waals surface area (Å²) in [6, 6.07) is 0. The van der Waals surface area contributed by atoms with Crippen LogP contribution in [0.1, 0.15) is 27.2 Å². The highest BCUT2D eigenvalue weighted by Gasteiger charge is 2.32. The van der Waals surface area contributed by atoms with E-state index in [2.05, 4.69) is 11.1 Å². The Balaban J connectivity index is 0.00000137. The average molecular weight is 259 g/mol. The summed E-state index contributed by atoms with van der Waals surface area (Å²) in [4.78, 5) is 24.7. The highest BCUT2D eigenvalue weighted by Crippen LogP contribution is 2.19. The minimum atomic E-state index is -0.484. The highest BCUT2D eigenvalue weighted by atomic mass is 16.6. The molecule has 6 heteroatoms. The predicted molar refractivity (Wildman–Crippen MR) is 70.1 cm³/mol. The first-order valence-corrected chi connectivity index (χ1v) is 6.11. The summed E-state index contributed by atoms with van der Waals surface area (Å²) >= 11 is 0. The molecule has 18 heavy (non-hydrogen) atoms. The molecule has 6 nitrogen and oxygen atoms in total. The summed E-state index contributed by atoms with van der Waals surface area (Å²) < 4.78 is 5.24. The first-order valence-electron chi connectivity index (χ1n) is 6.11. The lowest BCUT2D eigenvalue weighted by molar-refractivity contribution is -0.124. The molecular formula is C12H25N3O3. The maximum absolute atomic E-state index is 11.7. The molecule has 1 fully saturated rings. The Labute approximate surface area is 109 Å². The number of likely N-dealkylation sites (tertiary alicyclic amines) is 1. The molecule has 0 aromatic heterocycles. The van der Waals surface area contributed by atoms with Crippen molar-refractivity contribution in [2.24, 2.45) is 11.7 Å². The first kappa shape index (κ1) is 16.7. The molecule has 0 aliphatic carbocycles. The van der Waals surface area contributed by atoms with Crippen LogP contribution in [0.25, 0.3) is 0 Å². The average Bonchev–Trinajstić information content (AvgIpc) is 2.78. The standard InChI is InChI=1S/C11H20N2O3.CH5N/c1-11(2,3)16-10(15)13-6-5-8(7-13)9(14)12-4;1-2/h8H,5-7H2,1-4H3,(H,12,14);2H2,1H3.